The van der Waals surface area contributed by atoms with Gasteiger partial charge in [0.2, 0.25) is 5.03 Å². The molecule has 170 valence electrons. The molecule has 3 rings (SSSR count). The summed E-state index contributed by atoms with van der Waals surface area (Å²) in [5.41, 5.74) is 1.07. The second-order valence-electron chi connectivity index (χ2n) is 8.09. The highest BCUT2D eigenvalue weighted by atomic mass is 35.5. The molecule has 1 aromatic heterocycles. The molecular weight excluding hydrogens is 438 g/mol. The number of nitrogens with one attached hydrogen (secondary N) is 1. The first-order valence-corrected chi connectivity index (χ1v) is 12.4. The Morgan fingerprint density at radius 2 is 1.94 bits per heavy atom. The van der Waals surface area contributed by atoms with E-state index in [0.29, 0.717) is 44.3 Å². The number of sulfonamides is 1. The lowest BCUT2D eigenvalue weighted by Crippen LogP contribution is -2.49. The van der Waals surface area contributed by atoms with Crippen molar-refractivity contribution in [2.75, 3.05) is 37.6 Å². The molecule has 1 saturated heterocycles. The molecule has 31 heavy (non-hydrogen) atoms. The molecule has 0 atom stereocenters. The van der Waals surface area contributed by atoms with Gasteiger partial charge in [0.25, 0.3) is 15.9 Å². The number of piperazine rings is 1. The average molecular weight is 468 g/mol. The number of benzene rings is 1. The smallest absolute Gasteiger partial charge is 0.263 e. The number of amides is 1. The Morgan fingerprint density at radius 3 is 2.55 bits per heavy atom. The molecule has 0 spiro atoms. The van der Waals surface area contributed by atoms with Gasteiger partial charge in [0.15, 0.2) is 0 Å². The third kappa shape index (κ3) is 5.58. The Balaban J connectivity index is 1.80. The third-order valence-corrected chi connectivity index (χ3v) is 7.16. The van der Waals surface area contributed by atoms with E-state index in [1.54, 1.807) is 4.68 Å². The zero-order valence-electron chi connectivity index (χ0n) is 18.2. The molecule has 1 aromatic carbocycles. The Labute approximate surface area is 189 Å². The number of aryl methyl sites for hydroxylation is 1. The highest BCUT2D eigenvalue weighted by Crippen LogP contribution is 2.24. The number of halogens is 1. The maximum absolute atomic E-state index is 13.4. The van der Waals surface area contributed by atoms with E-state index >= 15 is 0 Å². The lowest BCUT2D eigenvalue weighted by atomic mass is 10.2. The summed E-state index contributed by atoms with van der Waals surface area (Å²) < 4.78 is 29.7. The van der Waals surface area contributed by atoms with Crippen LogP contribution in [0.3, 0.4) is 0 Å². The van der Waals surface area contributed by atoms with Crippen LogP contribution >= 0.6 is 11.6 Å². The number of nitrogens with zero attached hydrogens (tertiary/aromatic N) is 4. The Morgan fingerprint density at radius 1 is 1.23 bits per heavy atom. The summed E-state index contributed by atoms with van der Waals surface area (Å²) in [5, 5.41) is 7.56. The van der Waals surface area contributed by atoms with Crippen LogP contribution in [-0.4, -0.2) is 61.1 Å². The molecule has 0 aliphatic carbocycles. The van der Waals surface area contributed by atoms with Crippen molar-refractivity contribution in [2.45, 2.75) is 38.8 Å². The van der Waals surface area contributed by atoms with Crippen LogP contribution in [0.1, 0.15) is 37.6 Å². The van der Waals surface area contributed by atoms with Gasteiger partial charge >= 0.3 is 0 Å². The SMILES string of the molecule is CCCn1cc(C(=O)NCC(C)C)c(S(=O)(=O)N2CCN(c3cccc(Cl)c3)CC2)n1. The fourth-order valence-corrected chi connectivity index (χ4v) is 5.17. The van der Waals surface area contributed by atoms with Crippen molar-refractivity contribution in [3.8, 4) is 0 Å². The van der Waals surface area contributed by atoms with Crippen molar-refractivity contribution in [3.05, 3.63) is 41.0 Å². The van der Waals surface area contributed by atoms with Crippen molar-refractivity contribution in [2.24, 2.45) is 5.92 Å². The van der Waals surface area contributed by atoms with Gasteiger partial charge in [0.1, 0.15) is 0 Å². The van der Waals surface area contributed by atoms with Crippen molar-refractivity contribution in [1.29, 1.82) is 0 Å². The first-order chi connectivity index (χ1) is 14.7. The van der Waals surface area contributed by atoms with E-state index in [9.17, 15) is 13.2 Å². The van der Waals surface area contributed by atoms with E-state index in [-0.39, 0.29) is 16.5 Å². The van der Waals surface area contributed by atoms with Crippen molar-refractivity contribution in [3.63, 3.8) is 0 Å². The van der Waals surface area contributed by atoms with Crippen LogP contribution in [0.4, 0.5) is 5.69 Å². The fourth-order valence-electron chi connectivity index (χ4n) is 3.47. The van der Waals surface area contributed by atoms with Gasteiger partial charge in [-0.3, -0.25) is 9.48 Å². The van der Waals surface area contributed by atoms with Crippen LogP contribution in [0.15, 0.2) is 35.5 Å². The van der Waals surface area contributed by atoms with E-state index in [0.717, 1.165) is 12.1 Å². The van der Waals surface area contributed by atoms with Gasteiger partial charge in [0, 0.05) is 56.2 Å². The Hall–Kier alpha value is -2.10. The van der Waals surface area contributed by atoms with Gasteiger partial charge in [0.05, 0.1) is 5.56 Å². The van der Waals surface area contributed by atoms with Gasteiger partial charge < -0.3 is 10.2 Å². The summed E-state index contributed by atoms with van der Waals surface area (Å²) in [7, 11) is -3.90. The van der Waals surface area contributed by atoms with E-state index in [1.165, 1.54) is 10.5 Å². The van der Waals surface area contributed by atoms with Gasteiger partial charge in [-0.2, -0.15) is 9.40 Å². The van der Waals surface area contributed by atoms with E-state index < -0.39 is 15.9 Å². The van der Waals surface area contributed by atoms with Gasteiger partial charge in [-0.05, 0) is 30.5 Å². The molecule has 1 aliphatic heterocycles. The topological polar surface area (TPSA) is 87.5 Å². The van der Waals surface area contributed by atoms with Crippen LogP contribution in [0.2, 0.25) is 5.02 Å². The molecule has 2 aromatic rings. The predicted octanol–water partition coefficient (Wildman–Crippen LogP) is 2.84. The summed E-state index contributed by atoms with van der Waals surface area (Å²) in [6, 6.07) is 7.52. The van der Waals surface area contributed by atoms with Gasteiger partial charge in [-0.15, -0.1) is 0 Å². The second kappa shape index (κ2) is 10.0. The summed E-state index contributed by atoms with van der Waals surface area (Å²) in [6.45, 7) is 8.64. The third-order valence-electron chi connectivity index (χ3n) is 5.09. The molecule has 0 bridgehead atoms. The number of hydrogen-bond donors (Lipinski definition) is 1. The number of carbonyl (C=O) groups is 1. The second-order valence-corrected chi connectivity index (χ2v) is 10.4. The molecule has 1 amide bonds. The summed E-state index contributed by atoms with van der Waals surface area (Å²) in [4.78, 5) is 14.8. The number of hydrogen-bond acceptors (Lipinski definition) is 5. The molecule has 8 nitrogen and oxygen atoms in total. The maximum atomic E-state index is 13.4. The fraction of sp³-hybridized carbons (Fsp3) is 0.524. The first-order valence-electron chi connectivity index (χ1n) is 10.6. The lowest BCUT2D eigenvalue weighted by molar-refractivity contribution is 0.0945. The van der Waals surface area contributed by atoms with Crippen LogP contribution < -0.4 is 10.2 Å². The number of rotatable bonds is 8. The highest BCUT2D eigenvalue weighted by Gasteiger charge is 2.34. The molecule has 0 unspecified atom stereocenters. The molecule has 1 N–H and O–H groups in total. The minimum Gasteiger partial charge on any atom is -0.369 e. The molecule has 0 saturated carbocycles. The molecular formula is C21H30ClN5O3S. The first kappa shape index (κ1) is 23.6. The van der Waals surface area contributed by atoms with Crippen molar-refractivity contribution in [1.82, 2.24) is 19.4 Å². The molecule has 1 aliphatic rings. The van der Waals surface area contributed by atoms with Crippen LogP contribution in [0.5, 0.6) is 0 Å². The minimum absolute atomic E-state index is 0.103. The Kier molecular flexibility index (Phi) is 7.61. The molecule has 2 heterocycles. The largest absolute Gasteiger partial charge is 0.369 e. The van der Waals surface area contributed by atoms with Crippen molar-refractivity contribution < 1.29 is 13.2 Å². The molecule has 0 radical (unpaired) electrons. The van der Waals surface area contributed by atoms with E-state index in [4.69, 9.17) is 11.6 Å². The molecule has 1 fully saturated rings. The van der Waals surface area contributed by atoms with Crippen LogP contribution in [0, 0.1) is 5.92 Å². The monoisotopic (exact) mass is 467 g/mol. The molecule has 10 heteroatoms. The van der Waals surface area contributed by atoms with E-state index in [1.807, 2.05) is 45.0 Å². The summed E-state index contributed by atoms with van der Waals surface area (Å²) >= 11 is 6.08. The standard InChI is InChI=1S/C21H30ClN5O3S/c1-4-8-26-15-19(20(28)23-14-16(2)3)21(24-26)31(29,30)27-11-9-25(10-12-27)18-7-5-6-17(22)13-18/h5-7,13,15-16H,4,8-12,14H2,1-3H3,(H,23,28). The zero-order chi connectivity index (χ0) is 22.6. The lowest BCUT2D eigenvalue weighted by Gasteiger charge is -2.35. The average Bonchev–Trinajstić information content (AvgIpc) is 3.17. The van der Waals surface area contributed by atoms with Gasteiger partial charge in [-0.25, -0.2) is 8.42 Å². The van der Waals surface area contributed by atoms with Gasteiger partial charge in [-0.1, -0.05) is 38.4 Å². The minimum atomic E-state index is -3.90. The van der Waals surface area contributed by atoms with Crippen LogP contribution in [0.25, 0.3) is 0 Å². The predicted molar refractivity (Wildman–Crippen MR) is 122 cm³/mol. The maximum Gasteiger partial charge on any atom is 0.263 e. The number of anilines is 1. The number of carbonyl (C=O) groups excluding carboxylic acids is 1. The van der Waals surface area contributed by atoms with Crippen molar-refractivity contribution >= 4 is 33.2 Å². The van der Waals surface area contributed by atoms with E-state index in [2.05, 4.69) is 15.3 Å². The highest BCUT2D eigenvalue weighted by molar-refractivity contribution is 7.89. The summed E-state index contributed by atoms with van der Waals surface area (Å²) in [6.07, 6.45) is 2.32. The zero-order valence-corrected chi connectivity index (χ0v) is 19.8. The normalized spacial score (nSPS) is 15.5. The summed E-state index contributed by atoms with van der Waals surface area (Å²) in [5.74, 6) is -0.151. The number of aromatic nitrogens is 2. The van der Waals surface area contributed by atoms with Crippen LogP contribution in [-0.2, 0) is 16.6 Å². The quantitative estimate of drug-likeness (QED) is 0.645. The Bertz CT molecular complexity index is 1010.